The molecule has 0 aromatic heterocycles. The van der Waals surface area contributed by atoms with E-state index < -0.39 is 8.32 Å². The largest absolute Gasteiger partial charge is 1.00 e. The number of quaternary nitrogens is 1. The van der Waals surface area contributed by atoms with E-state index >= 15 is 0 Å². The standard InChI is InChI=1S/C21H48NOSi.BrH/c1-7-8-9-10-11-12-13-14-15-16-17-18-19-22(2,3)20-21-23-24(4,5)6;/h7-21H2,1-6H3;1H/q+1;/p-1. The fraction of sp³-hybridized carbons (Fsp3) is 1.00. The number of hydrogen-bond acceptors (Lipinski definition) is 1. The van der Waals surface area contributed by atoms with Crippen LogP contribution in [0.5, 0.6) is 0 Å². The zero-order chi connectivity index (χ0) is 18.3. The molecule has 0 aliphatic heterocycles. The molecule has 2 nitrogen and oxygen atoms in total. The van der Waals surface area contributed by atoms with Gasteiger partial charge in [0, 0.05) is 0 Å². The Balaban J connectivity index is 0. The highest BCUT2D eigenvalue weighted by molar-refractivity contribution is 6.69. The molecule has 154 valence electrons. The van der Waals surface area contributed by atoms with Crippen molar-refractivity contribution in [3.8, 4) is 0 Å². The molecule has 25 heavy (non-hydrogen) atoms. The zero-order valence-corrected chi connectivity index (χ0v) is 20.9. The number of rotatable bonds is 17. The van der Waals surface area contributed by atoms with Crippen LogP contribution in [0.25, 0.3) is 0 Å². The maximum atomic E-state index is 6.00. The van der Waals surface area contributed by atoms with Gasteiger partial charge in [0.25, 0.3) is 0 Å². The fourth-order valence-corrected chi connectivity index (χ4v) is 3.80. The number of halogens is 1. The van der Waals surface area contributed by atoms with Crippen molar-refractivity contribution in [2.24, 2.45) is 0 Å². The molecule has 0 radical (unpaired) electrons. The van der Waals surface area contributed by atoms with Gasteiger partial charge in [-0.05, 0) is 32.5 Å². The fourth-order valence-electron chi connectivity index (χ4n) is 3.09. The Morgan fingerprint density at radius 1 is 0.640 bits per heavy atom. The molecule has 0 unspecified atom stereocenters. The predicted octanol–water partition coefficient (Wildman–Crippen LogP) is 3.62. The summed E-state index contributed by atoms with van der Waals surface area (Å²) in [6.07, 6.45) is 17.2. The second-order valence-corrected chi connectivity index (χ2v) is 13.7. The molecule has 4 heteroatoms. The van der Waals surface area contributed by atoms with Crippen LogP contribution in [-0.4, -0.2) is 46.6 Å². The quantitative estimate of drug-likeness (QED) is 0.192. The van der Waals surface area contributed by atoms with E-state index in [2.05, 4.69) is 40.7 Å². The van der Waals surface area contributed by atoms with Gasteiger partial charge in [-0.3, -0.25) is 0 Å². The first-order valence-corrected chi connectivity index (χ1v) is 14.1. The highest BCUT2D eigenvalue weighted by Gasteiger charge is 2.18. The summed E-state index contributed by atoms with van der Waals surface area (Å²) in [7, 11) is 3.37. The summed E-state index contributed by atoms with van der Waals surface area (Å²) in [6, 6.07) is 0. The topological polar surface area (TPSA) is 9.23 Å². The van der Waals surface area contributed by atoms with Gasteiger partial charge in [-0.2, -0.15) is 0 Å². The van der Waals surface area contributed by atoms with Crippen molar-refractivity contribution in [3.63, 3.8) is 0 Å². The lowest BCUT2D eigenvalue weighted by Crippen LogP contribution is -3.00. The monoisotopic (exact) mass is 437 g/mol. The van der Waals surface area contributed by atoms with E-state index in [4.69, 9.17) is 4.43 Å². The number of unbranched alkanes of at least 4 members (excludes halogenated alkanes) is 11. The van der Waals surface area contributed by atoms with Crippen molar-refractivity contribution in [2.45, 2.75) is 104 Å². The van der Waals surface area contributed by atoms with Crippen LogP contribution in [0.4, 0.5) is 0 Å². The third-order valence-corrected chi connectivity index (χ3v) is 5.92. The first-order valence-electron chi connectivity index (χ1n) is 10.7. The Bertz CT molecular complexity index is 280. The summed E-state index contributed by atoms with van der Waals surface area (Å²) >= 11 is 0. The first-order chi connectivity index (χ1) is 11.3. The van der Waals surface area contributed by atoms with E-state index in [1.165, 1.54) is 83.6 Å². The van der Waals surface area contributed by atoms with E-state index in [9.17, 15) is 0 Å². The van der Waals surface area contributed by atoms with Crippen molar-refractivity contribution >= 4 is 8.32 Å². The van der Waals surface area contributed by atoms with E-state index in [-0.39, 0.29) is 17.0 Å². The normalized spacial score (nSPS) is 12.2. The molecular formula is C21H48BrNOSi. The zero-order valence-electron chi connectivity index (χ0n) is 18.3. The molecule has 0 amide bonds. The Hall–Kier alpha value is 0.617. The van der Waals surface area contributed by atoms with Gasteiger partial charge < -0.3 is 25.9 Å². The van der Waals surface area contributed by atoms with E-state index in [1.54, 1.807) is 0 Å². The summed E-state index contributed by atoms with van der Waals surface area (Å²) in [5.74, 6) is 0. The molecule has 0 aromatic rings. The molecule has 0 rings (SSSR count). The van der Waals surface area contributed by atoms with Gasteiger partial charge in [-0.15, -0.1) is 0 Å². The molecule has 0 spiro atoms. The van der Waals surface area contributed by atoms with Crippen molar-refractivity contribution in [3.05, 3.63) is 0 Å². The lowest BCUT2D eigenvalue weighted by atomic mass is 10.1. The summed E-state index contributed by atoms with van der Waals surface area (Å²) in [4.78, 5) is 0. The minimum atomic E-state index is -1.34. The number of nitrogens with zero attached hydrogens (tertiary/aromatic N) is 1. The minimum Gasteiger partial charge on any atom is -1.00 e. The van der Waals surface area contributed by atoms with Crippen LogP contribution in [0.1, 0.15) is 84.0 Å². The molecule has 0 saturated carbocycles. The molecule has 0 N–H and O–H groups in total. The van der Waals surface area contributed by atoms with Crippen LogP contribution in [0, 0.1) is 0 Å². The lowest BCUT2D eigenvalue weighted by molar-refractivity contribution is -0.890. The molecule has 0 aromatic carbocycles. The number of likely N-dealkylation sites (N-methyl/N-ethyl adjacent to an activating group) is 1. The van der Waals surface area contributed by atoms with Crippen molar-refractivity contribution in [1.82, 2.24) is 0 Å². The first kappa shape index (κ1) is 27.8. The SMILES string of the molecule is CCCCCCCCCCCCCC[N+](C)(C)CCO[Si](C)(C)C.[Br-]. The summed E-state index contributed by atoms with van der Waals surface area (Å²) in [5, 5.41) is 0. The molecule has 0 fully saturated rings. The van der Waals surface area contributed by atoms with Crippen LogP contribution < -0.4 is 17.0 Å². The van der Waals surface area contributed by atoms with Crippen LogP contribution >= 0.6 is 0 Å². The van der Waals surface area contributed by atoms with E-state index in [1.807, 2.05) is 0 Å². The molecule has 0 heterocycles. The third kappa shape index (κ3) is 22.6. The van der Waals surface area contributed by atoms with Crippen molar-refractivity contribution < 1.29 is 25.9 Å². The second kappa shape index (κ2) is 16.8. The van der Waals surface area contributed by atoms with Gasteiger partial charge in [0.15, 0.2) is 8.32 Å². The van der Waals surface area contributed by atoms with Gasteiger partial charge in [0.05, 0.1) is 27.2 Å². The Kier molecular flexibility index (Phi) is 18.7. The van der Waals surface area contributed by atoms with Crippen LogP contribution in [-0.2, 0) is 4.43 Å². The minimum absolute atomic E-state index is 0. The summed E-state index contributed by atoms with van der Waals surface area (Å²) in [5.41, 5.74) is 0. The number of hydrogen-bond donors (Lipinski definition) is 0. The molecule has 0 saturated heterocycles. The maximum absolute atomic E-state index is 6.00. The molecule has 0 atom stereocenters. The Morgan fingerprint density at radius 2 is 1.04 bits per heavy atom. The molecule has 0 aliphatic rings. The van der Waals surface area contributed by atoms with Gasteiger partial charge in [0.1, 0.15) is 6.54 Å². The molecular weight excluding hydrogens is 390 g/mol. The predicted molar refractivity (Wildman–Crippen MR) is 112 cm³/mol. The Labute approximate surface area is 171 Å². The molecule has 0 bridgehead atoms. The van der Waals surface area contributed by atoms with Crippen molar-refractivity contribution in [1.29, 1.82) is 0 Å². The van der Waals surface area contributed by atoms with Gasteiger partial charge in [-0.25, -0.2) is 0 Å². The van der Waals surface area contributed by atoms with Crippen molar-refractivity contribution in [2.75, 3.05) is 33.8 Å². The molecule has 0 aliphatic carbocycles. The Morgan fingerprint density at radius 3 is 1.44 bits per heavy atom. The van der Waals surface area contributed by atoms with Crippen LogP contribution in [0.15, 0.2) is 0 Å². The van der Waals surface area contributed by atoms with E-state index in [0.717, 1.165) is 17.6 Å². The second-order valence-electron chi connectivity index (χ2n) is 9.23. The van der Waals surface area contributed by atoms with Gasteiger partial charge >= 0.3 is 0 Å². The summed E-state index contributed by atoms with van der Waals surface area (Å²) < 4.78 is 7.11. The highest BCUT2D eigenvalue weighted by atomic mass is 79.9. The smallest absolute Gasteiger partial charge is 0.184 e. The average molecular weight is 439 g/mol. The van der Waals surface area contributed by atoms with Crippen LogP contribution in [0.2, 0.25) is 19.6 Å². The lowest BCUT2D eigenvalue weighted by Gasteiger charge is -2.31. The van der Waals surface area contributed by atoms with Gasteiger partial charge in [-0.1, -0.05) is 71.1 Å². The van der Waals surface area contributed by atoms with Gasteiger partial charge in [0.2, 0.25) is 0 Å². The average Bonchev–Trinajstić information content (AvgIpc) is 2.46. The highest BCUT2D eigenvalue weighted by Crippen LogP contribution is 2.13. The van der Waals surface area contributed by atoms with E-state index in [0.29, 0.717) is 0 Å². The van der Waals surface area contributed by atoms with Crippen LogP contribution in [0.3, 0.4) is 0 Å². The summed E-state index contributed by atoms with van der Waals surface area (Å²) in [6.45, 7) is 12.5. The maximum Gasteiger partial charge on any atom is 0.184 e. The third-order valence-electron chi connectivity index (χ3n) is 4.85.